The lowest BCUT2D eigenvalue weighted by atomic mass is 10.1. The summed E-state index contributed by atoms with van der Waals surface area (Å²) in [4.78, 5) is 36.1. The van der Waals surface area contributed by atoms with Gasteiger partial charge in [0.25, 0.3) is 17.5 Å². The second-order valence-corrected chi connectivity index (χ2v) is 5.69. The molecule has 0 atom stereocenters. The van der Waals surface area contributed by atoms with Gasteiger partial charge in [0.1, 0.15) is 5.75 Å². The summed E-state index contributed by atoms with van der Waals surface area (Å²) in [6.07, 6.45) is 1.84. The third-order valence-electron chi connectivity index (χ3n) is 4.09. The molecule has 7 nitrogen and oxygen atoms in total. The zero-order chi connectivity index (χ0) is 18.7. The van der Waals surface area contributed by atoms with Gasteiger partial charge >= 0.3 is 0 Å². The monoisotopic (exact) mass is 352 g/mol. The summed E-state index contributed by atoms with van der Waals surface area (Å²) in [7, 11) is 0. The zero-order valence-corrected chi connectivity index (χ0v) is 13.9. The van der Waals surface area contributed by atoms with Gasteiger partial charge in [0.05, 0.1) is 28.2 Å². The number of hydrogen-bond donors (Lipinski definition) is 0. The van der Waals surface area contributed by atoms with E-state index in [0.29, 0.717) is 28.9 Å². The number of benzene rings is 2. The molecule has 0 saturated heterocycles. The van der Waals surface area contributed by atoms with Crippen LogP contribution in [0, 0.1) is 10.1 Å². The van der Waals surface area contributed by atoms with Crippen molar-refractivity contribution in [1.82, 2.24) is 4.90 Å². The fourth-order valence-electron chi connectivity index (χ4n) is 2.81. The van der Waals surface area contributed by atoms with E-state index in [2.05, 4.69) is 6.58 Å². The molecule has 3 rings (SSSR count). The van der Waals surface area contributed by atoms with E-state index in [0.717, 1.165) is 0 Å². The average Bonchev–Trinajstić information content (AvgIpc) is 2.89. The Morgan fingerprint density at radius 2 is 1.77 bits per heavy atom. The second-order valence-electron chi connectivity index (χ2n) is 5.69. The van der Waals surface area contributed by atoms with Crippen LogP contribution >= 0.6 is 0 Å². The van der Waals surface area contributed by atoms with Gasteiger partial charge in [0, 0.05) is 12.6 Å². The average molecular weight is 352 g/mol. The van der Waals surface area contributed by atoms with Gasteiger partial charge < -0.3 is 4.74 Å². The number of amides is 2. The maximum atomic E-state index is 12.2. The van der Waals surface area contributed by atoms with Crippen LogP contribution in [0.4, 0.5) is 5.69 Å². The Balaban J connectivity index is 1.57. The first-order valence-corrected chi connectivity index (χ1v) is 8.02. The van der Waals surface area contributed by atoms with Crippen molar-refractivity contribution in [2.24, 2.45) is 0 Å². The third kappa shape index (κ3) is 3.19. The van der Waals surface area contributed by atoms with Crippen LogP contribution in [0.15, 0.2) is 49.0 Å². The Kier molecular flexibility index (Phi) is 4.79. The number of carbonyl (C=O) groups excluding carboxylic acids is 2. The Morgan fingerprint density at radius 3 is 2.35 bits per heavy atom. The van der Waals surface area contributed by atoms with E-state index < -0.39 is 4.92 Å². The fourth-order valence-corrected chi connectivity index (χ4v) is 2.81. The Labute approximate surface area is 149 Å². The lowest BCUT2D eigenvalue weighted by Gasteiger charge is -2.14. The van der Waals surface area contributed by atoms with Crippen LogP contribution < -0.4 is 4.74 Å². The molecule has 26 heavy (non-hydrogen) atoms. The molecule has 0 aromatic heterocycles. The van der Waals surface area contributed by atoms with Gasteiger partial charge in [-0.2, -0.15) is 0 Å². The molecule has 0 aliphatic carbocycles. The number of nitro groups is 1. The predicted octanol–water partition coefficient (Wildman–Crippen LogP) is 3.30. The molecule has 2 aromatic carbocycles. The molecule has 0 spiro atoms. The lowest BCUT2D eigenvalue weighted by Crippen LogP contribution is -2.31. The van der Waals surface area contributed by atoms with Crippen molar-refractivity contribution in [3.8, 4) is 5.75 Å². The van der Waals surface area contributed by atoms with Gasteiger partial charge in [0.15, 0.2) is 0 Å². The molecule has 0 radical (unpaired) electrons. The molecule has 2 amide bonds. The van der Waals surface area contributed by atoms with Crippen molar-refractivity contribution >= 4 is 23.6 Å². The highest BCUT2D eigenvalue weighted by molar-refractivity contribution is 6.21. The van der Waals surface area contributed by atoms with Crippen LogP contribution in [0.3, 0.4) is 0 Å². The van der Waals surface area contributed by atoms with Gasteiger partial charge in [0.2, 0.25) is 0 Å². The fraction of sp³-hybridized carbons (Fsp3) is 0.158. The number of ether oxygens (including phenoxy) is 1. The summed E-state index contributed by atoms with van der Waals surface area (Å²) in [5, 5.41) is 10.9. The molecule has 1 aliphatic heterocycles. The quantitative estimate of drug-likeness (QED) is 0.330. The van der Waals surface area contributed by atoms with E-state index in [1.165, 1.54) is 29.2 Å². The summed E-state index contributed by atoms with van der Waals surface area (Å²) in [5.41, 5.74) is 1.17. The molecule has 2 aromatic rings. The molecule has 0 unspecified atom stereocenters. The van der Waals surface area contributed by atoms with Crippen molar-refractivity contribution in [2.75, 3.05) is 13.2 Å². The van der Waals surface area contributed by atoms with Gasteiger partial charge in [-0.3, -0.25) is 24.6 Å². The summed E-state index contributed by atoms with van der Waals surface area (Å²) < 4.78 is 5.57. The molecule has 0 fully saturated rings. The number of carbonyl (C=O) groups is 2. The largest absolute Gasteiger partial charge is 0.493 e. The standard InChI is InChI=1S/C19H16N2O5/c1-2-13-12-14(8-9-17(13)21(24)25)26-11-5-10-20-18(22)15-6-3-4-7-16(15)19(20)23/h2-4,6-9,12H,1,5,10-11H2. The van der Waals surface area contributed by atoms with Crippen LogP contribution in [-0.2, 0) is 0 Å². The summed E-state index contributed by atoms with van der Waals surface area (Å²) >= 11 is 0. The van der Waals surface area contributed by atoms with Crippen LogP contribution in [-0.4, -0.2) is 34.8 Å². The van der Waals surface area contributed by atoms with Crippen molar-refractivity contribution in [3.63, 3.8) is 0 Å². The minimum Gasteiger partial charge on any atom is -0.493 e. The molecule has 0 bridgehead atoms. The second kappa shape index (κ2) is 7.18. The van der Waals surface area contributed by atoms with E-state index in [1.807, 2.05) is 0 Å². The van der Waals surface area contributed by atoms with E-state index in [1.54, 1.807) is 24.3 Å². The maximum absolute atomic E-state index is 12.2. The van der Waals surface area contributed by atoms with Crippen LogP contribution in [0.5, 0.6) is 5.75 Å². The normalized spacial score (nSPS) is 12.8. The van der Waals surface area contributed by atoms with E-state index in [-0.39, 0.29) is 30.7 Å². The summed E-state index contributed by atoms with van der Waals surface area (Å²) in [6.45, 7) is 4.07. The third-order valence-corrected chi connectivity index (χ3v) is 4.09. The maximum Gasteiger partial charge on any atom is 0.276 e. The topological polar surface area (TPSA) is 89.8 Å². The van der Waals surface area contributed by atoms with Gasteiger partial charge in [-0.15, -0.1) is 0 Å². The van der Waals surface area contributed by atoms with E-state index in [4.69, 9.17) is 4.74 Å². The highest BCUT2D eigenvalue weighted by atomic mass is 16.6. The first-order valence-electron chi connectivity index (χ1n) is 8.02. The summed E-state index contributed by atoms with van der Waals surface area (Å²) in [6, 6.07) is 11.1. The predicted molar refractivity (Wildman–Crippen MR) is 95.1 cm³/mol. The Hall–Kier alpha value is -3.48. The number of nitrogens with zero attached hydrogens (tertiary/aromatic N) is 2. The molecular formula is C19H16N2O5. The zero-order valence-electron chi connectivity index (χ0n) is 13.9. The van der Waals surface area contributed by atoms with Crippen molar-refractivity contribution in [2.45, 2.75) is 6.42 Å². The lowest BCUT2D eigenvalue weighted by molar-refractivity contribution is -0.385. The molecular weight excluding hydrogens is 336 g/mol. The van der Waals surface area contributed by atoms with Gasteiger partial charge in [-0.05, 0) is 30.7 Å². The number of imide groups is 1. The molecule has 0 saturated carbocycles. The highest BCUT2D eigenvalue weighted by Crippen LogP contribution is 2.25. The van der Waals surface area contributed by atoms with Crippen molar-refractivity contribution in [3.05, 3.63) is 75.8 Å². The number of rotatable bonds is 7. The number of nitro benzene ring substituents is 1. The smallest absolute Gasteiger partial charge is 0.276 e. The highest BCUT2D eigenvalue weighted by Gasteiger charge is 2.34. The van der Waals surface area contributed by atoms with Crippen LogP contribution in [0.25, 0.3) is 6.08 Å². The first kappa shape index (κ1) is 17.3. The van der Waals surface area contributed by atoms with Crippen LogP contribution in [0.2, 0.25) is 0 Å². The van der Waals surface area contributed by atoms with E-state index in [9.17, 15) is 19.7 Å². The molecule has 1 heterocycles. The van der Waals surface area contributed by atoms with Crippen molar-refractivity contribution < 1.29 is 19.2 Å². The molecule has 1 aliphatic rings. The molecule has 132 valence electrons. The van der Waals surface area contributed by atoms with Crippen molar-refractivity contribution in [1.29, 1.82) is 0 Å². The first-order chi connectivity index (χ1) is 12.5. The van der Waals surface area contributed by atoms with Crippen LogP contribution in [0.1, 0.15) is 32.7 Å². The SMILES string of the molecule is C=Cc1cc(OCCCN2C(=O)c3ccccc3C2=O)ccc1[N+](=O)[O-]. The van der Waals surface area contributed by atoms with Gasteiger partial charge in [-0.25, -0.2) is 0 Å². The number of hydrogen-bond acceptors (Lipinski definition) is 5. The molecule has 7 heteroatoms. The molecule has 0 N–H and O–H groups in total. The minimum atomic E-state index is -0.483. The van der Waals surface area contributed by atoms with Gasteiger partial charge in [-0.1, -0.05) is 24.8 Å². The summed E-state index contributed by atoms with van der Waals surface area (Å²) in [5.74, 6) is -0.127. The Bertz CT molecular complexity index is 872. The van der Waals surface area contributed by atoms with E-state index >= 15 is 0 Å². The number of fused-ring (bicyclic) bond motifs is 1. The minimum absolute atomic E-state index is 0.0432. The Morgan fingerprint density at radius 1 is 1.12 bits per heavy atom.